The van der Waals surface area contributed by atoms with Crippen molar-refractivity contribution in [2.24, 2.45) is 0 Å². The van der Waals surface area contributed by atoms with Crippen molar-refractivity contribution >= 4 is 0 Å². The van der Waals surface area contributed by atoms with E-state index in [0.717, 1.165) is 26.1 Å². The van der Waals surface area contributed by atoms with Crippen molar-refractivity contribution in [2.75, 3.05) is 26.2 Å². The Balaban J connectivity index is 2.45. The van der Waals surface area contributed by atoms with Gasteiger partial charge in [0.15, 0.2) is 0 Å². The predicted octanol–water partition coefficient (Wildman–Crippen LogP) is 1.03. The Hall–Kier alpha value is -0.150. The number of nitrogens with one attached hydrogen (secondary N) is 1. The maximum absolute atomic E-state index is 13.4. The van der Waals surface area contributed by atoms with Crippen molar-refractivity contribution in [3.05, 3.63) is 0 Å². The molecule has 1 unspecified atom stereocenters. The minimum atomic E-state index is -0.682. The van der Waals surface area contributed by atoms with Gasteiger partial charge in [-0.15, -0.1) is 0 Å². The molecule has 0 amide bonds. The molecule has 0 bridgehead atoms. The van der Waals surface area contributed by atoms with E-state index in [9.17, 15) is 4.39 Å². The summed E-state index contributed by atoms with van der Waals surface area (Å²) in [6.45, 7) is 7.60. The van der Waals surface area contributed by atoms with E-state index in [-0.39, 0.29) is 6.04 Å². The van der Waals surface area contributed by atoms with Gasteiger partial charge < -0.3 is 5.32 Å². The van der Waals surface area contributed by atoms with Gasteiger partial charge in [0, 0.05) is 12.6 Å². The zero-order chi connectivity index (χ0) is 8.97. The number of halogens is 1. The lowest BCUT2D eigenvalue weighted by atomic mass is 10.0. The Bertz CT molecular complexity index is 126. The second-order valence-corrected chi connectivity index (χ2v) is 3.30. The summed E-state index contributed by atoms with van der Waals surface area (Å²) in [6.07, 6.45) is 0.265. The minimum absolute atomic E-state index is 0.154. The summed E-state index contributed by atoms with van der Waals surface area (Å²) in [5, 5.41) is 3.07. The normalized spacial score (nSPS) is 31.0. The van der Waals surface area contributed by atoms with Crippen LogP contribution in [0.1, 0.15) is 20.3 Å². The van der Waals surface area contributed by atoms with Crippen LogP contribution in [0.25, 0.3) is 0 Å². The van der Waals surface area contributed by atoms with Gasteiger partial charge >= 0.3 is 0 Å². The highest BCUT2D eigenvalue weighted by Crippen LogP contribution is 2.14. The number of nitrogens with zero attached hydrogens (tertiary/aromatic N) is 1. The summed E-state index contributed by atoms with van der Waals surface area (Å²) in [7, 11) is 0. The zero-order valence-corrected chi connectivity index (χ0v) is 8.02. The monoisotopic (exact) mass is 174 g/mol. The van der Waals surface area contributed by atoms with Crippen LogP contribution in [-0.4, -0.2) is 43.3 Å². The fourth-order valence-corrected chi connectivity index (χ4v) is 1.91. The van der Waals surface area contributed by atoms with E-state index in [4.69, 9.17) is 0 Å². The molecule has 1 rings (SSSR count). The van der Waals surface area contributed by atoms with Crippen molar-refractivity contribution in [1.82, 2.24) is 10.2 Å². The third-order valence-corrected chi connectivity index (χ3v) is 2.66. The van der Waals surface area contributed by atoms with Gasteiger partial charge in [-0.05, 0) is 26.1 Å². The molecule has 1 heterocycles. The third-order valence-electron chi connectivity index (χ3n) is 2.66. The first-order chi connectivity index (χ1) is 5.79. The number of piperidine rings is 1. The molecule has 1 fully saturated rings. The molecule has 3 heteroatoms. The largest absolute Gasteiger partial charge is 0.314 e. The van der Waals surface area contributed by atoms with Crippen molar-refractivity contribution in [3.8, 4) is 0 Å². The van der Waals surface area contributed by atoms with Crippen LogP contribution < -0.4 is 5.32 Å². The van der Waals surface area contributed by atoms with Crippen LogP contribution in [0, 0.1) is 0 Å². The Kier molecular flexibility index (Phi) is 3.95. The highest BCUT2D eigenvalue weighted by atomic mass is 19.1. The summed E-state index contributed by atoms with van der Waals surface area (Å²) < 4.78 is 13.4. The molecule has 0 aromatic carbocycles. The zero-order valence-electron chi connectivity index (χ0n) is 8.02. The topological polar surface area (TPSA) is 15.3 Å². The Morgan fingerprint density at radius 2 is 2.08 bits per heavy atom. The van der Waals surface area contributed by atoms with Crippen molar-refractivity contribution < 1.29 is 4.39 Å². The molecule has 72 valence electrons. The maximum atomic E-state index is 13.4. The van der Waals surface area contributed by atoms with Crippen LogP contribution in [0.2, 0.25) is 0 Å². The van der Waals surface area contributed by atoms with Crippen molar-refractivity contribution in [3.63, 3.8) is 0 Å². The SMILES string of the molecule is CCN(CC)C1CCNC[C@@H]1F. The Morgan fingerprint density at radius 3 is 2.58 bits per heavy atom. The molecular weight excluding hydrogens is 155 g/mol. The van der Waals surface area contributed by atoms with Gasteiger partial charge in [0.1, 0.15) is 6.17 Å². The second kappa shape index (κ2) is 4.77. The molecule has 12 heavy (non-hydrogen) atoms. The molecule has 0 saturated carbocycles. The van der Waals surface area contributed by atoms with E-state index >= 15 is 0 Å². The summed E-state index contributed by atoms with van der Waals surface area (Å²) in [4.78, 5) is 2.21. The third kappa shape index (κ3) is 2.17. The number of hydrogen-bond donors (Lipinski definition) is 1. The molecule has 1 aliphatic heterocycles. The van der Waals surface area contributed by atoms with Crippen LogP contribution in [0.3, 0.4) is 0 Å². The van der Waals surface area contributed by atoms with Gasteiger partial charge in [-0.2, -0.15) is 0 Å². The molecule has 1 N–H and O–H groups in total. The van der Waals surface area contributed by atoms with E-state index in [2.05, 4.69) is 24.1 Å². The molecular formula is C9H19FN2. The van der Waals surface area contributed by atoms with Crippen LogP contribution >= 0.6 is 0 Å². The number of alkyl halides is 1. The molecule has 1 aliphatic rings. The molecule has 2 nitrogen and oxygen atoms in total. The lowest BCUT2D eigenvalue weighted by molar-refractivity contribution is 0.0930. The van der Waals surface area contributed by atoms with E-state index in [1.807, 2.05) is 0 Å². The minimum Gasteiger partial charge on any atom is -0.314 e. The van der Waals surface area contributed by atoms with E-state index in [1.165, 1.54) is 0 Å². The quantitative estimate of drug-likeness (QED) is 0.687. The van der Waals surface area contributed by atoms with E-state index < -0.39 is 6.17 Å². The summed E-state index contributed by atoms with van der Waals surface area (Å²) in [5.74, 6) is 0. The average molecular weight is 174 g/mol. The van der Waals surface area contributed by atoms with Gasteiger partial charge in [0.2, 0.25) is 0 Å². The van der Waals surface area contributed by atoms with Crippen LogP contribution in [0.15, 0.2) is 0 Å². The number of rotatable bonds is 3. The van der Waals surface area contributed by atoms with E-state index in [1.54, 1.807) is 0 Å². The van der Waals surface area contributed by atoms with Crippen LogP contribution in [-0.2, 0) is 0 Å². The number of hydrogen-bond acceptors (Lipinski definition) is 2. The standard InChI is InChI=1S/C9H19FN2/c1-3-12(4-2)9-5-6-11-7-8(9)10/h8-9,11H,3-7H2,1-2H3/t8-,9?/m0/s1. The maximum Gasteiger partial charge on any atom is 0.128 e. The van der Waals surface area contributed by atoms with Gasteiger partial charge in [0.05, 0.1) is 0 Å². The molecule has 0 aromatic heterocycles. The molecule has 0 aliphatic carbocycles. The van der Waals surface area contributed by atoms with Gasteiger partial charge in [-0.3, -0.25) is 4.90 Å². The molecule has 0 spiro atoms. The van der Waals surface area contributed by atoms with Gasteiger partial charge in [-0.25, -0.2) is 4.39 Å². The molecule has 1 saturated heterocycles. The van der Waals surface area contributed by atoms with Crippen LogP contribution in [0.4, 0.5) is 4.39 Å². The lowest BCUT2D eigenvalue weighted by Crippen LogP contribution is -2.50. The molecule has 2 atom stereocenters. The predicted molar refractivity (Wildman–Crippen MR) is 49.1 cm³/mol. The highest BCUT2D eigenvalue weighted by molar-refractivity contribution is 4.84. The first-order valence-electron chi connectivity index (χ1n) is 4.88. The average Bonchev–Trinajstić information content (AvgIpc) is 2.10. The summed E-state index contributed by atoms with van der Waals surface area (Å²) in [5.41, 5.74) is 0. The fraction of sp³-hybridized carbons (Fsp3) is 1.00. The van der Waals surface area contributed by atoms with Gasteiger partial charge in [-0.1, -0.05) is 13.8 Å². The van der Waals surface area contributed by atoms with Crippen molar-refractivity contribution in [2.45, 2.75) is 32.5 Å². The Morgan fingerprint density at radius 1 is 1.42 bits per heavy atom. The van der Waals surface area contributed by atoms with E-state index in [0.29, 0.717) is 6.54 Å². The fourth-order valence-electron chi connectivity index (χ4n) is 1.91. The first kappa shape index (κ1) is 9.93. The second-order valence-electron chi connectivity index (χ2n) is 3.30. The summed E-state index contributed by atoms with van der Waals surface area (Å²) in [6, 6.07) is 0.154. The first-order valence-corrected chi connectivity index (χ1v) is 4.88. The highest BCUT2D eigenvalue weighted by Gasteiger charge is 2.27. The smallest absolute Gasteiger partial charge is 0.128 e. The van der Waals surface area contributed by atoms with Crippen LogP contribution in [0.5, 0.6) is 0 Å². The summed E-state index contributed by atoms with van der Waals surface area (Å²) >= 11 is 0. The Labute approximate surface area is 74.1 Å². The van der Waals surface area contributed by atoms with Crippen molar-refractivity contribution in [1.29, 1.82) is 0 Å². The molecule has 0 radical (unpaired) electrons. The molecule has 0 aromatic rings. The lowest BCUT2D eigenvalue weighted by Gasteiger charge is -2.35. The van der Waals surface area contributed by atoms with Gasteiger partial charge in [0.25, 0.3) is 0 Å².